The average Bonchev–Trinajstić information content (AvgIpc) is 2.03. The van der Waals surface area contributed by atoms with Gasteiger partial charge in [-0.05, 0) is 12.1 Å². The fourth-order valence-corrected chi connectivity index (χ4v) is 2.09. The van der Waals surface area contributed by atoms with E-state index >= 15 is 0 Å². The summed E-state index contributed by atoms with van der Waals surface area (Å²) in [7, 11) is -1.74. The van der Waals surface area contributed by atoms with Gasteiger partial charge in [-0.1, -0.05) is 26.8 Å². The van der Waals surface area contributed by atoms with Crippen molar-refractivity contribution in [3.8, 4) is 0 Å². The number of nitrogens with zero attached hydrogens (tertiary/aromatic N) is 1. The number of hydrogen-bond acceptors (Lipinski definition) is 2. The number of pyridine rings is 1. The van der Waals surface area contributed by atoms with Crippen LogP contribution in [-0.4, -0.2) is 10.1 Å². The van der Waals surface area contributed by atoms with Crippen molar-refractivity contribution in [2.45, 2.75) is 25.9 Å². The Morgan fingerprint density at radius 1 is 1.33 bits per heavy atom. The third-order valence-corrected chi connectivity index (χ3v) is 3.70. The van der Waals surface area contributed by atoms with Crippen molar-refractivity contribution in [3.05, 3.63) is 24.4 Å². The van der Waals surface area contributed by atoms with Gasteiger partial charge in [0.25, 0.3) is 0 Å². The lowest BCUT2D eigenvalue weighted by Gasteiger charge is -2.16. The zero-order valence-electron chi connectivity index (χ0n) is 7.66. The van der Waals surface area contributed by atoms with Crippen molar-refractivity contribution in [1.82, 2.24) is 4.98 Å². The molecule has 1 unspecified atom stereocenters. The Morgan fingerprint density at radius 2 is 2.00 bits per heavy atom. The third kappa shape index (κ3) is 2.18. The zero-order valence-corrected chi connectivity index (χ0v) is 8.66. The van der Waals surface area contributed by atoms with Gasteiger partial charge in [0, 0.05) is 11.4 Å². The van der Waals surface area contributed by atoms with Crippen LogP contribution in [0.15, 0.2) is 24.4 Å². The molecular weight excluding hydrogens is 169 g/mol. The molecule has 0 aliphatic heterocycles. The first kappa shape index (κ1) is 9.47. The zero-order chi connectivity index (χ0) is 9.19. The van der Waals surface area contributed by atoms with Gasteiger partial charge in [-0.25, -0.2) is 0 Å². The van der Waals surface area contributed by atoms with Gasteiger partial charge in [-0.15, -0.1) is 0 Å². The van der Waals surface area contributed by atoms with E-state index in [0.717, 1.165) is 5.44 Å². The van der Waals surface area contributed by atoms with Crippen LogP contribution >= 0.6 is 7.80 Å². The molecule has 0 aliphatic rings. The minimum absolute atomic E-state index is 0.154. The molecule has 0 bridgehead atoms. The lowest BCUT2D eigenvalue weighted by atomic mass is 10.3. The van der Waals surface area contributed by atoms with E-state index in [1.807, 2.05) is 39.0 Å². The molecule has 0 amide bonds. The van der Waals surface area contributed by atoms with E-state index in [9.17, 15) is 4.57 Å². The number of rotatable bonds is 1. The van der Waals surface area contributed by atoms with Crippen LogP contribution in [0.5, 0.6) is 0 Å². The van der Waals surface area contributed by atoms with Crippen LogP contribution in [0.2, 0.25) is 0 Å². The highest BCUT2D eigenvalue weighted by Crippen LogP contribution is 2.35. The fourth-order valence-electron chi connectivity index (χ4n) is 0.881. The summed E-state index contributed by atoms with van der Waals surface area (Å²) in [5.41, 5.74) is 0.731. The van der Waals surface area contributed by atoms with Crippen molar-refractivity contribution in [2.24, 2.45) is 0 Å². The van der Waals surface area contributed by atoms with Crippen molar-refractivity contribution in [3.63, 3.8) is 0 Å². The van der Waals surface area contributed by atoms with Crippen molar-refractivity contribution < 1.29 is 4.57 Å². The summed E-state index contributed by atoms with van der Waals surface area (Å²) >= 11 is 0. The Bertz CT molecular complexity index is 276. The number of hydrogen-bond donors (Lipinski definition) is 0. The lowest BCUT2D eigenvalue weighted by molar-refractivity contribution is 0.571. The van der Waals surface area contributed by atoms with E-state index in [4.69, 9.17) is 0 Å². The summed E-state index contributed by atoms with van der Waals surface area (Å²) in [5, 5.41) is -0.154. The predicted molar refractivity (Wildman–Crippen MR) is 52.6 cm³/mol. The molecule has 3 heteroatoms. The van der Waals surface area contributed by atoms with Crippen LogP contribution in [0.3, 0.4) is 0 Å². The van der Waals surface area contributed by atoms with Gasteiger partial charge in [0.15, 0.2) is 0 Å². The van der Waals surface area contributed by atoms with Crippen LogP contribution < -0.4 is 5.44 Å². The Hall–Kier alpha value is -0.620. The lowest BCUT2D eigenvalue weighted by Crippen LogP contribution is -2.16. The molecule has 66 valence electrons. The molecule has 0 saturated heterocycles. The van der Waals surface area contributed by atoms with Crippen molar-refractivity contribution >= 4 is 13.2 Å². The molecule has 1 heterocycles. The Morgan fingerprint density at radius 3 is 2.42 bits per heavy atom. The van der Waals surface area contributed by atoms with E-state index in [2.05, 4.69) is 4.98 Å². The molecule has 0 fully saturated rings. The normalized spacial score (nSPS) is 14.2. The van der Waals surface area contributed by atoms with E-state index in [-0.39, 0.29) is 5.16 Å². The average molecular weight is 183 g/mol. The monoisotopic (exact) mass is 183 g/mol. The molecular formula is C9H14NOP. The summed E-state index contributed by atoms with van der Waals surface area (Å²) in [5.74, 6) is 0. The van der Waals surface area contributed by atoms with E-state index in [0.29, 0.717) is 0 Å². The minimum atomic E-state index is -1.74. The Labute approximate surface area is 73.8 Å². The molecule has 0 spiro atoms. The maximum Gasteiger partial charge on any atom is 0.126 e. The van der Waals surface area contributed by atoms with Crippen LogP contribution in [0, 0.1) is 0 Å². The molecule has 0 aromatic carbocycles. The molecule has 0 radical (unpaired) electrons. The topological polar surface area (TPSA) is 30.0 Å². The molecule has 1 aromatic rings. The molecule has 0 N–H and O–H groups in total. The van der Waals surface area contributed by atoms with Crippen LogP contribution in [0.25, 0.3) is 0 Å². The summed E-state index contributed by atoms with van der Waals surface area (Å²) in [6, 6.07) is 5.53. The molecule has 1 aromatic heterocycles. The van der Waals surface area contributed by atoms with Crippen LogP contribution in [0.1, 0.15) is 20.8 Å². The molecule has 1 atom stereocenters. The largest absolute Gasteiger partial charge is 0.320 e. The van der Waals surface area contributed by atoms with Gasteiger partial charge >= 0.3 is 0 Å². The van der Waals surface area contributed by atoms with Crippen LogP contribution in [-0.2, 0) is 4.57 Å². The highest BCUT2D eigenvalue weighted by Gasteiger charge is 2.21. The maximum absolute atomic E-state index is 11.8. The quantitative estimate of drug-likeness (QED) is 0.624. The molecule has 1 rings (SSSR count). The first-order chi connectivity index (χ1) is 5.52. The van der Waals surface area contributed by atoms with Crippen molar-refractivity contribution in [1.29, 1.82) is 0 Å². The van der Waals surface area contributed by atoms with Crippen LogP contribution in [0.4, 0.5) is 0 Å². The minimum Gasteiger partial charge on any atom is -0.320 e. The SMILES string of the molecule is CC(C)(C)[PH](=O)c1ccccn1. The van der Waals surface area contributed by atoms with Gasteiger partial charge in [0.2, 0.25) is 0 Å². The summed E-state index contributed by atoms with van der Waals surface area (Å²) in [6.45, 7) is 5.93. The number of aromatic nitrogens is 1. The Kier molecular flexibility index (Phi) is 2.69. The third-order valence-electron chi connectivity index (χ3n) is 1.58. The molecule has 12 heavy (non-hydrogen) atoms. The smallest absolute Gasteiger partial charge is 0.126 e. The van der Waals surface area contributed by atoms with E-state index in [1.165, 1.54) is 0 Å². The first-order valence-electron chi connectivity index (χ1n) is 3.97. The highest BCUT2D eigenvalue weighted by atomic mass is 31.1. The van der Waals surface area contributed by atoms with Gasteiger partial charge in [-0.3, -0.25) is 4.98 Å². The second kappa shape index (κ2) is 3.40. The van der Waals surface area contributed by atoms with Crippen molar-refractivity contribution in [2.75, 3.05) is 0 Å². The highest BCUT2D eigenvalue weighted by molar-refractivity contribution is 7.54. The summed E-state index contributed by atoms with van der Waals surface area (Å²) < 4.78 is 11.8. The Balaban J connectivity index is 2.94. The second-order valence-electron chi connectivity index (χ2n) is 3.79. The first-order valence-corrected chi connectivity index (χ1v) is 5.38. The summed E-state index contributed by atoms with van der Waals surface area (Å²) in [4.78, 5) is 4.08. The van der Waals surface area contributed by atoms with Gasteiger partial charge in [-0.2, -0.15) is 0 Å². The van der Waals surface area contributed by atoms with Gasteiger partial charge in [0.05, 0.1) is 5.44 Å². The standard InChI is InChI=1S/C9H14NOP/c1-9(2,3)12(11)8-6-4-5-7-10-8/h4-7,12H,1-3H3. The molecule has 2 nitrogen and oxygen atoms in total. The second-order valence-corrected chi connectivity index (χ2v) is 6.46. The fraction of sp³-hybridized carbons (Fsp3) is 0.444. The van der Waals surface area contributed by atoms with Gasteiger partial charge < -0.3 is 4.57 Å². The molecule has 0 aliphatic carbocycles. The predicted octanol–water partition coefficient (Wildman–Crippen LogP) is 2.07. The summed E-state index contributed by atoms with van der Waals surface area (Å²) in [6.07, 6.45) is 1.68. The van der Waals surface area contributed by atoms with E-state index < -0.39 is 7.80 Å². The van der Waals surface area contributed by atoms with E-state index in [1.54, 1.807) is 6.20 Å². The van der Waals surface area contributed by atoms with Gasteiger partial charge in [0.1, 0.15) is 7.80 Å². The maximum atomic E-state index is 11.8. The molecule has 0 saturated carbocycles.